The molecule has 3 N–H and O–H groups in total. The number of aromatic hydroxyl groups is 1. The molecule has 1 aromatic rings. The standard InChI is InChI=1S/C16H22O5/c1-8-5-12(11(4)18)14(19)13-6-9(2)16(20,7-10(3)17)21-15(8)13/h5,9-10,17,19-20H,6-7H2,1-4H3. The van der Waals surface area contributed by atoms with Crippen molar-refractivity contribution in [3.63, 3.8) is 0 Å². The number of phenolic OH excluding ortho intramolecular Hbond substituents is 1. The van der Waals surface area contributed by atoms with Crippen LogP contribution in [0.2, 0.25) is 0 Å². The number of Topliss-reactive ketones (excluding diaryl/α,β-unsaturated/α-hetero) is 1. The fourth-order valence-electron chi connectivity index (χ4n) is 2.87. The average molecular weight is 294 g/mol. The quantitative estimate of drug-likeness (QED) is 0.742. The number of aliphatic hydroxyl groups is 2. The first-order valence-electron chi connectivity index (χ1n) is 7.11. The van der Waals surface area contributed by atoms with E-state index in [0.29, 0.717) is 23.3 Å². The van der Waals surface area contributed by atoms with E-state index in [9.17, 15) is 20.1 Å². The molecule has 0 radical (unpaired) electrons. The topological polar surface area (TPSA) is 87.0 Å². The number of carbonyl (C=O) groups is 1. The molecule has 0 saturated heterocycles. The predicted octanol–water partition coefficient (Wildman–Crippen LogP) is 1.93. The smallest absolute Gasteiger partial charge is 0.213 e. The number of benzene rings is 1. The lowest BCUT2D eigenvalue weighted by Gasteiger charge is -2.41. The largest absolute Gasteiger partial charge is 0.507 e. The second-order valence-corrected chi connectivity index (χ2v) is 6.06. The number of fused-ring (bicyclic) bond motifs is 1. The molecule has 116 valence electrons. The van der Waals surface area contributed by atoms with Gasteiger partial charge in [-0.05, 0) is 38.8 Å². The van der Waals surface area contributed by atoms with E-state index in [-0.39, 0.29) is 29.4 Å². The molecule has 0 saturated carbocycles. The highest BCUT2D eigenvalue weighted by Gasteiger charge is 2.43. The van der Waals surface area contributed by atoms with Crippen molar-refractivity contribution in [2.75, 3.05) is 0 Å². The van der Waals surface area contributed by atoms with Gasteiger partial charge in [0, 0.05) is 17.9 Å². The molecule has 3 unspecified atom stereocenters. The molecule has 5 heteroatoms. The highest BCUT2D eigenvalue weighted by molar-refractivity contribution is 5.97. The summed E-state index contributed by atoms with van der Waals surface area (Å²) in [7, 11) is 0. The summed E-state index contributed by atoms with van der Waals surface area (Å²) in [4.78, 5) is 11.6. The SMILES string of the molecule is CC(=O)c1cc(C)c2c(c1O)CC(C)C(O)(CC(C)O)O2. The van der Waals surface area contributed by atoms with Crippen molar-refractivity contribution in [2.24, 2.45) is 5.92 Å². The summed E-state index contributed by atoms with van der Waals surface area (Å²) in [5.74, 6) is -1.67. The van der Waals surface area contributed by atoms with Gasteiger partial charge in [0.15, 0.2) is 5.78 Å². The zero-order valence-corrected chi connectivity index (χ0v) is 12.8. The van der Waals surface area contributed by atoms with Crippen LogP contribution in [0.25, 0.3) is 0 Å². The number of ether oxygens (including phenoxy) is 1. The molecule has 3 atom stereocenters. The van der Waals surface area contributed by atoms with Crippen LogP contribution in [0, 0.1) is 12.8 Å². The second kappa shape index (κ2) is 5.31. The molecular formula is C16H22O5. The Bertz CT molecular complexity index is 579. The molecule has 1 aromatic carbocycles. The first-order valence-corrected chi connectivity index (χ1v) is 7.11. The molecular weight excluding hydrogens is 272 g/mol. The van der Waals surface area contributed by atoms with Gasteiger partial charge in [0.2, 0.25) is 5.79 Å². The maximum atomic E-state index is 11.6. The van der Waals surface area contributed by atoms with Crippen LogP contribution in [-0.2, 0) is 6.42 Å². The lowest BCUT2D eigenvalue weighted by atomic mass is 9.84. The number of rotatable bonds is 3. The predicted molar refractivity (Wildman–Crippen MR) is 77.6 cm³/mol. The van der Waals surface area contributed by atoms with E-state index < -0.39 is 11.9 Å². The van der Waals surface area contributed by atoms with Crippen molar-refractivity contribution >= 4 is 5.78 Å². The second-order valence-electron chi connectivity index (χ2n) is 6.06. The Kier molecular flexibility index (Phi) is 4.00. The number of ketones is 1. The van der Waals surface area contributed by atoms with Crippen molar-refractivity contribution in [1.29, 1.82) is 0 Å². The number of hydrogen-bond donors (Lipinski definition) is 3. The van der Waals surface area contributed by atoms with Crippen molar-refractivity contribution in [2.45, 2.75) is 52.4 Å². The molecule has 5 nitrogen and oxygen atoms in total. The molecule has 0 aromatic heterocycles. The maximum absolute atomic E-state index is 11.6. The monoisotopic (exact) mass is 294 g/mol. The van der Waals surface area contributed by atoms with E-state index in [2.05, 4.69) is 0 Å². The lowest BCUT2D eigenvalue weighted by molar-refractivity contribution is -0.199. The Hall–Kier alpha value is -1.59. The number of phenols is 1. The van der Waals surface area contributed by atoms with Crippen molar-refractivity contribution in [3.8, 4) is 11.5 Å². The zero-order valence-electron chi connectivity index (χ0n) is 12.8. The highest BCUT2D eigenvalue weighted by Crippen LogP contribution is 2.45. The van der Waals surface area contributed by atoms with Gasteiger partial charge in [0.25, 0.3) is 0 Å². The first-order chi connectivity index (χ1) is 9.65. The summed E-state index contributed by atoms with van der Waals surface area (Å²) in [6.07, 6.45) is -0.237. The van der Waals surface area contributed by atoms with Gasteiger partial charge in [0.1, 0.15) is 11.5 Å². The van der Waals surface area contributed by atoms with Crippen molar-refractivity contribution in [3.05, 3.63) is 22.8 Å². The van der Waals surface area contributed by atoms with Crippen LogP contribution in [0.15, 0.2) is 6.07 Å². The molecule has 0 spiro atoms. The summed E-state index contributed by atoms with van der Waals surface area (Å²) < 4.78 is 5.71. The fraction of sp³-hybridized carbons (Fsp3) is 0.562. The van der Waals surface area contributed by atoms with Gasteiger partial charge in [-0.25, -0.2) is 0 Å². The van der Waals surface area contributed by atoms with Crippen LogP contribution in [0.4, 0.5) is 0 Å². The Morgan fingerprint density at radius 2 is 2.19 bits per heavy atom. The molecule has 1 aliphatic heterocycles. The highest BCUT2D eigenvalue weighted by atomic mass is 16.6. The Balaban J connectivity index is 2.51. The van der Waals surface area contributed by atoms with Gasteiger partial charge in [-0.3, -0.25) is 4.79 Å². The van der Waals surface area contributed by atoms with Crippen LogP contribution in [0.5, 0.6) is 11.5 Å². The van der Waals surface area contributed by atoms with Gasteiger partial charge in [-0.1, -0.05) is 6.92 Å². The van der Waals surface area contributed by atoms with E-state index in [0.717, 1.165) is 0 Å². The first kappa shape index (κ1) is 15.8. The van der Waals surface area contributed by atoms with Gasteiger partial charge in [-0.2, -0.15) is 0 Å². The summed E-state index contributed by atoms with van der Waals surface area (Å²) in [6, 6.07) is 1.56. The number of hydrogen-bond acceptors (Lipinski definition) is 5. The van der Waals surface area contributed by atoms with Crippen LogP contribution in [-0.4, -0.2) is 33.0 Å². The van der Waals surface area contributed by atoms with E-state index >= 15 is 0 Å². The molecule has 0 fully saturated rings. The normalized spacial score (nSPS) is 25.9. The van der Waals surface area contributed by atoms with Gasteiger partial charge >= 0.3 is 0 Å². The molecule has 1 aliphatic rings. The van der Waals surface area contributed by atoms with Gasteiger partial charge in [-0.15, -0.1) is 0 Å². The van der Waals surface area contributed by atoms with E-state index in [1.54, 1.807) is 26.8 Å². The molecule has 0 amide bonds. The molecule has 2 rings (SSSR count). The number of aryl methyl sites for hydroxylation is 1. The van der Waals surface area contributed by atoms with E-state index in [1.807, 2.05) is 0 Å². The third-order valence-electron chi connectivity index (χ3n) is 4.06. The molecule has 0 bridgehead atoms. The minimum Gasteiger partial charge on any atom is -0.507 e. The summed E-state index contributed by atoms with van der Waals surface area (Å²) in [5, 5.41) is 30.4. The average Bonchev–Trinajstić information content (AvgIpc) is 2.35. The van der Waals surface area contributed by atoms with Crippen LogP contribution >= 0.6 is 0 Å². The van der Waals surface area contributed by atoms with Gasteiger partial charge in [0.05, 0.1) is 11.7 Å². The van der Waals surface area contributed by atoms with Crippen LogP contribution in [0.1, 0.15) is 48.7 Å². The Morgan fingerprint density at radius 1 is 1.57 bits per heavy atom. The molecule has 1 heterocycles. The van der Waals surface area contributed by atoms with Gasteiger partial charge < -0.3 is 20.1 Å². The van der Waals surface area contributed by atoms with Crippen molar-refractivity contribution in [1.82, 2.24) is 0 Å². The lowest BCUT2D eigenvalue weighted by Crippen LogP contribution is -2.48. The fourth-order valence-corrected chi connectivity index (χ4v) is 2.87. The Labute approximate surface area is 124 Å². The summed E-state index contributed by atoms with van der Waals surface area (Å²) >= 11 is 0. The zero-order chi connectivity index (χ0) is 15.9. The third-order valence-corrected chi connectivity index (χ3v) is 4.06. The number of aliphatic hydroxyl groups excluding tert-OH is 1. The maximum Gasteiger partial charge on any atom is 0.213 e. The van der Waals surface area contributed by atoms with E-state index in [1.165, 1.54) is 6.92 Å². The summed E-state index contributed by atoms with van der Waals surface area (Å²) in [5.41, 5.74) is 1.50. The Morgan fingerprint density at radius 3 is 2.71 bits per heavy atom. The minimum absolute atomic E-state index is 0.0750. The molecule has 0 aliphatic carbocycles. The molecule has 21 heavy (non-hydrogen) atoms. The summed E-state index contributed by atoms with van der Waals surface area (Å²) in [6.45, 7) is 6.55. The van der Waals surface area contributed by atoms with Crippen molar-refractivity contribution < 1.29 is 24.9 Å². The van der Waals surface area contributed by atoms with Crippen LogP contribution < -0.4 is 4.74 Å². The third kappa shape index (κ3) is 2.76. The minimum atomic E-state index is -1.48. The van der Waals surface area contributed by atoms with Crippen LogP contribution in [0.3, 0.4) is 0 Å². The van der Waals surface area contributed by atoms with E-state index in [4.69, 9.17) is 4.74 Å². The number of carbonyl (C=O) groups excluding carboxylic acids is 1.